The number of alkyl halides is 3. The normalized spacial score (nSPS) is 14.5. The van der Waals surface area contributed by atoms with Crippen LogP contribution < -0.4 is 5.73 Å². The Balaban J connectivity index is 2.57. The van der Waals surface area contributed by atoms with Crippen molar-refractivity contribution in [1.82, 2.24) is 4.90 Å². The van der Waals surface area contributed by atoms with Crippen molar-refractivity contribution in [2.45, 2.75) is 45.8 Å². The SMILES string of the molecule is CC(Cc1ccc(C(F)(F)F)cc1)C(=O)N(C)CCC(N)C(C)C. The second kappa shape index (κ2) is 8.51. The topological polar surface area (TPSA) is 46.3 Å². The maximum Gasteiger partial charge on any atom is 0.416 e. The van der Waals surface area contributed by atoms with Crippen LogP contribution in [0.15, 0.2) is 24.3 Å². The van der Waals surface area contributed by atoms with Crippen LogP contribution in [-0.2, 0) is 17.4 Å². The minimum Gasteiger partial charge on any atom is -0.345 e. The molecular weight excluding hydrogens is 317 g/mol. The number of rotatable bonds is 7. The Kier molecular flexibility index (Phi) is 7.27. The molecule has 2 atom stereocenters. The van der Waals surface area contributed by atoms with Gasteiger partial charge in [0.2, 0.25) is 5.91 Å². The molecule has 0 aliphatic heterocycles. The van der Waals surface area contributed by atoms with Gasteiger partial charge in [-0.3, -0.25) is 4.79 Å². The zero-order valence-electron chi connectivity index (χ0n) is 14.7. The number of halogens is 3. The lowest BCUT2D eigenvalue weighted by Gasteiger charge is -2.24. The summed E-state index contributed by atoms with van der Waals surface area (Å²) >= 11 is 0. The van der Waals surface area contributed by atoms with Gasteiger partial charge in [-0.15, -0.1) is 0 Å². The van der Waals surface area contributed by atoms with Crippen LogP contribution >= 0.6 is 0 Å². The predicted octanol–water partition coefficient (Wildman–Crippen LogP) is 3.72. The van der Waals surface area contributed by atoms with E-state index in [2.05, 4.69) is 0 Å². The van der Waals surface area contributed by atoms with E-state index in [1.54, 1.807) is 18.9 Å². The van der Waals surface area contributed by atoms with Gasteiger partial charge in [-0.2, -0.15) is 13.2 Å². The Labute approximate surface area is 142 Å². The number of carbonyl (C=O) groups excluding carboxylic acids is 1. The Hall–Kier alpha value is -1.56. The van der Waals surface area contributed by atoms with Gasteiger partial charge in [0, 0.05) is 25.6 Å². The van der Waals surface area contributed by atoms with Gasteiger partial charge in [-0.05, 0) is 36.5 Å². The second-order valence-electron chi connectivity index (χ2n) is 6.76. The predicted molar refractivity (Wildman–Crippen MR) is 89.4 cm³/mol. The molecule has 2 unspecified atom stereocenters. The molecular formula is C18H27F3N2O. The van der Waals surface area contributed by atoms with Crippen LogP contribution in [0.25, 0.3) is 0 Å². The maximum atomic E-state index is 12.6. The summed E-state index contributed by atoms with van der Waals surface area (Å²) < 4.78 is 37.7. The smallest absolute Gasteiger partial charge is 0.345 e. The van der Waals surface area contributed by atoms with E-state index in [1.807, 2.05) is 13.8 Å². The van der Waals surface area contributed by atoms with Gasteiger partial charge in [0.05, 0.1) is 5.56 Å². The molecule has 0 saturated carbocycles. The third-order valence-electron chi connectivity index (χ3n) is 4.28. The van der Waals surface area contributed by atoms with E-state index in [0.717, 1.165) is 24.1 Å². The van der Waals surface area contributed by atoms with Crippen molar-refractivity contribution >= 4 is 5.91 Å². The third kappa shape index (κ3) is 6.15. The zero-order valence-corrected chi connectivity index (χ0v) is 14.7. The lowest BCUT2D eigenvalue weighted by Crippen LogP contribution is -2.37. The van der Waals surface area contributed by atoms with Gasteiger partial charge in [-0.1, -0.05) is 32.9 Å². The van der Waals surface area contributed by atoms with Crippen LogP contribution in [0.2, 0.25) is 0 Å². The molecule has 3 nitrogen and oxygen atoms in total. The molecule has 1 rings (SSSR count). The summed E-state index contributed by atoms with van der Waals surface area (Å²) in [6, 6.07) is 5.02. The quantitative estimate of drug-likeness (QED) is 0.819. The van der Waals surface area contributed by atoms with Gasteiger partial charge < -0.3 is 10.6 Å². The highest BCUT2D eigenvalue weighted by Gasteiger charge is 2.30. The first kappa shape index (κ1) is 20.5. The number of amides is 1. The minimum atomic E-state index is -4.34. The number of nitrogens with two attached hydrogens (primary N) is 1. The van der Waals surface area contributed by atoms with Crippen molar-refractivity contribution in [2.75, 3.05) is 13.6 Å². The van der Waals surface area contributed by atoms with E-state index in [-0.39, 0.29) is 17.9 Å². The fourth-order valence-corrected chi connectivity index (χ4v) is 2.43. The standard InChI is InChI=1S/C18H27F3N2O/c1-12(2)16(22)9-10-23(4)17(24)13(3)11-14-5-7-15(8-6-14)18(19,20)21/h5-8,12-13,16H,9-11,22H2,1-4H3. The van der Waals surface area contributed by atoms with Crippen LogP contribution in [0.1, 0.15) is 38.3 Å². The van der Waals surface area contributed by atoms with Gasteiger partial charge in [0.1, 0.15) is 0 Å². The lowest BCUT2D eigenvalue weighted by atomic mass is 9.98. The van der Waals surface area contributed by atoms with Crippen LogP contribution in [0.4, 0.5) is 13.2 Å². The molecule has 1 aromatic rings. The first-order chi connectivity index (χ1) is 11.0. The second-order valence-corrected chi connectivity index (χ2v) is 6.76. The van der Waals surface area contributed by atoms with Crippen molar-refractivity contribution in [1.29, 1.82) is 0 Å². The molecule has 2 N–H and O–H groups in total. The number of hydrogen-bond acceptors (Lipinski definition) is 2. The van der Waals surface area contributed by atoms with E-state index in [0.29, 0.717) is 18.9 Å². The molecule has 0 spiro atoms. The number of benzene rings is 1. The largest absolute Gasteiger partial charge is 0.416 e. The van der Waals surface area contributed by atoms with Gasteiger partial charge in [0.15, 0.2) is 0 Å². The molecule has 0 bridgehead atoms. The number of carbonyl (C=O) groups is 1. The first-order valence-electron chi connectivity index (χ1n) is 8.19. The van der Waals surface area contributed by atoms with Crippen molar-refractivity contribution in [3.8, 4) is 0 Å². The highest BCUT2D eigenvalue weighted by molar-refractivity contribution is 5.78. The summed E-state index contributed by atoms with van der Waals surface area (Å²) in [5.41, 5.74) is 6.03. The van der Waals surface area contributed by atoms with Crippen molar-refractivity contribution < 1.29 is 18.0 Å². The van der Waals surface area contributed by atoms with E-state index in [1.165, 1.54) is 12.1 Å². The molecule has 0 radical (unpaired) electrons. The molecule has 0 aromatic heterocycles. The molecule has 1 amide bonds. The van der Waals surface area contributed by atoms with Crippen LogP contribution in [0.5, 0.6) is 0 Å². The average molecular weight is 344 g/mol. The third-order valence-corrected chi connectivity index (χ3v) is 4.28. The van der Waals surface area contributed by atoms with Crippen molar-refractivity contribution in [3.63, 3.8) is 0 Å². The van der Waals surface area contributed by atoms with Crippen LogP contribution in [-0.4, -0.2) is 30.4 Å². The summed E-state index contributed by atoms with van der Waals surface area (Å²) in [6.07, 6.45) is -3.19. The van der Waals surface area contributed by atoms with E-state index in [4.69, 9.17) is 5.73 Å². The molecule has 1 aromatic carbocycles. The summed E-state index contributed by atoms with van der Waals surface area (Å²) in [4.78, 5) is 14.0. The van der Waals surface area contributed by atoms with Gasteiger partial charge >= 0.3 is 6.18 Å². The van der Waals surface area contributed by atoms with E-state index < -0.39 is 11.7 Å². The maximum absolute atomic E-state index is 12.6. The summed E-state index contributed by atoms with van der Waals surface area (Å²) in [5.74, 6) is 0.0472. The molecule has 0 aliphatic rings. The highest BCUT2D eigenvalue weighted by atomic mass is 19.4. The fraction of sp³-hybridized carbons (Fsp3) is 0.611. The Morgan fingerprint density at radius 2 is 1.71 bits per heavy atom. The zero-order chi connectivity index (χ0) is 18.5. The molecule has 0 fully saturated rings. The molecule has 24 heavy (non-hydrogen) atoms. The van der Waals surface area contributed by atoms with Gasteiger partial charge in [0.25, 0.3) is 0 Å². The Morgan fingerprint density at radius 1 is 1.17 bits per heavy atom. The summed E-state index contributed by atoms with van der Waals surface area (Å²) in [6.45, 7) is 6.45. The van der Waals surface area contributed by atoms with Gasteiger partial charge in [-0.25, -0.2) is 0 Å². The number of hydrogen-bond donors (Lipinski definition) is 1. The van der Waals surface area contributed by atoms with Crippen LogP contribution in [0, 0.1) is 11.8 Å². The Morgan fingerprint density at radius 3 is 2.17 bits per heavy atom. The molecule has 0 aliphatic carbocycles. The average Bonchev–Trinajstić information content (AvgIpc) is 2.50. The molecule has 136 valence electrons. The van der Waals surface area contributed by atoms with E-state index >= 15 is 0 Å². The van der Waals surface area contributed by atoms with Crippen molar-refractivity contribution in [2.24, 2.45) is 17.6 Å². The minimum absolute atomic E-state index is 0.0224. The lowest BCUT2D eigenvalue weighted by molar-refractivity contribution is -0.137. The number of nitrogens with zero attached hydrogens (tertiary/aromatic N) is 1. The summed E-state index contributed by atoms with van der Waals surface area (Å²) in [7, 11) is 1.73. The van der Waals surface area contributed by atoms with Crippen molar-refractivity contribution in [3.05, 3.63) is 35.4 Å². The molecule has 0 saturated heterocycles. The molecule has 0 heterocycles. The van der Waals surface area contributed by atoms with Crippen LogP contribution in [0.3, 0.4) is 0 Å². The fourth-order valence-electron chi connectivity index (χ4n) is 2.43. The molecule has 6 heteroatoms. The Bertz CT molecular complexity index is 526. The summed E-state index contributed by atoms with van der Waals surface area (Å²) in [5, 5.41) is 0. The highest BCUT2D eigenvalue weighted by Crippen LogP contribution is 2.29. The first-order valence-corrected chi connectivity index (χ1v) is 8.19. The van der Waals surface area contributed by atoms with E-state index in [9.17, 15) is 18.0 Å². The monoisotopic (exact) mass is 344 g/mol.